The van der Waals surface area contributed by atoms with Crippen molar-refractivity contribution < 1.29 is 4.74 Å². The molecule has 5 nitrogen and oxygen atoms in total. The lowest BCUT2D eigenvalue weighted by atomic mass is 10.3. The molecule has 0 spiro atoms. The molecule has 1 heterocycles. The van der Waals surface area contributed by atoms with Crippen molar-refractivity contribution in [2.24, 2.45) is 0 Å². The molecule has 0 aromatic carbocycles. The van der Waals surface area contributed by atoms with E-state index in [0.717, 1.165) is 30.3 Å². The van der Waals surface area contributed by atoms with Gasteiger partial charge in [0.1, 0.15) is 5.82 Å². The molecule has 0 N–H and O–H groups in total. The maximum Gasteiger partial charge on any atom is 0.205 e. The van der Waals surface area contributed by atoms with Gasteiger partial charge in [-0.1, -0.05) is 6.92 Å². The number of hydrogen-bond donors (Lipinski definition) is 0. The number of ether oxygens (including phenoxy) is 1. The first-order chi connectivity index (χ1) is 8.31. The molecule has 0 bridgehead atoms. The smallest absolute Gasteiger partial charge is 0.205 e. The summed E-state index contributed by atoms with van der Waals surface area (Å²) in [5.74, 6) is 0.895. The van der Waals surface area contributed by atoms with Gasteiger partial charge in [0.15, 0.2) is 0 Å². The second-order valence-electron chi connectivity index (χ2n) is 3.63. The van der Waals surface area contributed by atoms with Crippen LogP contribution in [0.4, 0.5) is 5.13 Å². The third-order valence-corrected chi connectivity index (χ3v) is 3.08. The van der Waals surface area contributed by atoms with E-state index in [9.17, 15) is 0 Å². The van der Waals surface area contributed by atoms with Crippen LogP contribution in [0.25, 0.3) is 0 Å². The number of methoxy groups -OCH3 is 1. The molecule has 0 saturated carbocycles. The topological polar surface area (TPSA) is 62.0 Å². The minimum absolute atomic E-state index is 0.492. The maximum absolute atomic E-state index is 8.64. The fourth-order valence-corrected chi connectivity index (χ4v) is 2.15. The predicted molar refractivity (Wildman–Crippen MR) is 68.2 cm³/mol. The lowest BCUT2D eigenvalue weighted by Crippen LogP contribution is -2.28. The summed E-state index contributed by atoms with van der Waals surface area (Å²) in [5, 5.41) is 9.53. The second-order valence-corrected chi connectivity index (χ2v) is 4.36. The number of anilines is 1. The van der Waals surface area contributed by atoms with E-state index < -0.39 is 0 Å². The van der Waals surface area contributed by atoms with Crippen LogP contribution in [-0.4, -0.2) is 36.2 Å². The summed E-state index contributed by atoms with van der Waals surface area (Å²) in [6.07, 6.45) is 2.45. The van der Waals surface area contributed by atoms with E-state index in [1.165, 1.54) is 11.5 Å². The van der Waals surface area contributed by atoms with Crippen LogP contribution in [0.15, 0.2) is 0 Å². The summed E-state index contributed by atoms with van der Waals surface area (Å²) in [6.45, 7) is 4.17. The van der Waals surface area contributed by atoms with Gasteiger partial charge in [-0.15, -0.1) is 0 Å². The molecule has 0 atom stereocenters. The Morgan fingerprint density at radius 1 is 1.47 bits per heavy atom. The molecular weight excluding hydrogens is 236 g/mol. The van der Waals surface area contributed by atoms with Crippen molar-refractivity contribution in [1.29, 1.82) is 5.26 Å². The summed E-state index contributed by atoms with van der Waals surface area (Å²) < 4.78 is 9.37. The Labute approximate surface area is 106 Å². The van der Waals surface area contributed by atoms with Gasteiger partial charge >= 0.3 is 0 Å². The third kappa shape index (κ3) is 4.67. The highest BCUT2D eigenvalue weighted by molar-refractivity contribution is 7.09. The highest BCUT2D eigenvalue weighted by Gasteiger charge is 2.11. The molecule has 0 fully saturated rings. The molecule has 0 aliphatic rings. The van der Waals surface area contributed by atoms with Crippen LogP contribution in [0.5, 0.6) is 0 Å². The first-order valence-electron chi connectivity index (χ1n) is 5.75. The van der Waals surface area contributed by atoms with Gasteiger partial charge in [-0.25, -0.2) is 4.98 Å². The predicted octanol–water partition coefficient (Wildman–Crippen LogP) is 1.86. The van der Waals surface area contributed by atoms with Crippen molar-refractivity contribution in [3.63, 3.8) is 0 Å². The number of rotatable bonds is 8. The largest absolute Gasteiger partial charge is 0.383 e. The van der Waals surface area contributed by atoms with E-state index in [-0.39, 0.29) is 0 Å². The summed E-state index contributed by atoms with van der Waals surface area (Å²) in [6, 6.07) is 2.15. The van der Waals surface area contributed by atoms with Crippen molar-refractivity contribution in [3.05, 3.63) is 5.82 Å². The highest BCUT2D eigenvalue weighted by atomic mass is 32.1. The zero-order valence-electron chi connectivity index (χ0n) is 10.3. The van der Waals surface area contributed by atoms with Crippen LogP contribution in [0.2, 0.25) is 0 Å². The average molecular weight is 254 g/mol. The van der Waals surface area contributed by atoms with Gasteiger partial charge in [-0.3, -0.25) is 0 Å². The summed E-state index contributed by atoms with van der Waals surface area (Å²) in [7, 11) is 1.67. The van der Waals surface area contributed by atoms with E-state index >= 15 is 0 Å². The highest BCUT2D eigenvalue weighted by Crippen LogP contribution is 2.18. The molecule has 0 amide bonds. The number of nitriles is 1. The lowest BCUT2D eigenvalue weighted by Gasteiger charge is -2.19. The van der Waals surface area contributed by atoms with Gasteiger partial charge in [0.05, 0.1) is 19.1 Å². The Hall–Kier alpha value is -1.19. The Bertz CT molecular complexity index is 361. The molecule has 0 radical (unpaired) electrons. The molecular formula is C11H18N4OS. The van der Waals surface area contributed by atoms with Gasteiger partial charge in [-0.05, 0) is 6.42 Å². The molecule has 0 aliphatic heterocycles. The van der Waals surface area contributed by atoms with Crippen LogP contribution in [0, 0.1) is 11.3 Å². The van der Waals surface area contributed by atoms with Crippen molar-refractivity contribution in [3.8, 4) is 6.07 Å². The third-order valence-electron chi connectivity index (χ3n) is 2.26. The SMILES string of the molecule is CCCc1nsc(N(CCC#N)CCOC)n1. The average Bonchev–Trinajstić information content (AvgIpc) is 2.78. The molecule has 1 aromatic heterocycles. The Morgan fingerprint density at radius 3 is 2.94 bits per heavy atom. The fraction of sp³-hybridized carbons (Fsp3) is 0.727. The number of hydrogen-bond acceptors (Lipinski definition) is 6. The molecule has 94 valence electrons. The van der Waals surface area contributed by atoms with Crippen LogP contribution in [-0.2, 0) is 11.2 Å². The van der Waals surface area contributed by atoms with Gasteiger partial charge in [0.25, 0.3) is 0 Å². The van der Waals surface area contributed by atoms with Crippen molar-refractivity contribution in [1.82, 2.24) is 9.36 Å². The molecule has 0 saturated heterocycles. The van der Waals surface area contributed by atoms with Crippen LogP contribution < -0.4 is 4.90 Å². The van der Waals surface area contributed by atoms with Gasteiger partial charge in [0, 0.05) is 38.2 Å². The number of aromatic nitrogens is 2. The fourth-order valence-electron chi connectivity index (χ4n) is 1.39. The van der Waals surface area contributed by atoms with Gasteiger partial charge < -0.3 is 9.64 Å². The first kappa shape index (κ1) is 13.9. The van der Waals surface area contributed by atoms with Crippen molar-refractivity contribution in [2.75, 3.05) is 31.7 Å². The van der Waals surface area contributed by atoms with Crippen LogP contribution in [0.3, 0.4) is 0 Å². The monoisotopic (exact) mass is 254 g/mol. The van der Waals surface area contributed by atoms with Crippen molar-refractivity contribution >= 4 is 16.7 Å². The van der Waals surface area contributed by atoms with Crippen LogP contribution >= 0.6 is 11.5 Å². The minimum atomic E-state index is 0.492. The first-order valence-corrected chi connectivity index (χ1v) is 6.52. The maximum atomic E-state index is 8.64. The van der Waals surface area contributed by atoms with Crippen molar-refractivity contribution in [2.45, 2.75) is 26.2 Å². The minimum Gasteiger partial charge on any atom is -0.383 e. The molecule has 1 rings (SSSR count). The Kier molecular flexibility index (Phi) is 6.51. The summed E-state index contributed by atoms with van der Waals surface area (Å²) in [4.78, 5) is 6.53. The molecule has 6 heteroatoms. The second kappa shape index (κ2) is 7.98. The lowest BCUT2D eigenvalue weighted by molar-refractivity contribution is 0.205. The number of aryl methyl sites for hydroxylation is 1. The molecule has 1 aromatic rings. The Morgan fingerprint density at radius 2 is 2.29 bits per heavy atom. The zero-order chi connectivity index (χ0) is 12.5. The molecule has 17 heavy (non-hydrogen) atoms. The zero-order valence-corrected chi connectivity index (χ0v) is 11.2. The molecule has 0 aliphatic carbocycles. The molecule has 0 unspecified atom stereocenters. The normalized spacial score (nSPS) is 10.2. The quantitative estimate of drug-likeness (QED) is 0.708. The van der Waals surface area contributed by atoms with E-state index in [0.29, 0.717) is 19.6 Å². The van der Waals surface area contributed by atoms with E-state index in [4.69, 9.17) is 10.00 Å². The van der Waals surface area contributed by atoms with E-state index in [2.05, 4.69) is 27.3 Å². The Balaban J connectivity index is 2.62. The van der Waals surface area contributed by atoms with Crippen LogP contribution in [0.1, 0.15) is 25.6 Å². The summed E-state index contributed by atoms with van der Waals surface area (Å²) in [5.41, 5.74) is 0. The number of nitrogens with zero attached hydrogens (tertiary/aromatic N) is 4. The standard InChI is InChI=1S/C11H18N4OS/c1-3-5-10-13-11(17-14-10)15(7-4-6-12)8-9-16-2/h3-5,7-9H2,1-2H3. The van der Waals surface area contributed by atoms with E-state index in [1.807, 2.05) is 0 Å². The van der Waals surface area contributed by atoms with E-state index in [1.54, 1.807) is 7.11 Å². The van der Waals surface area contributed by atoms with Gasteiger partial charge in [-0.2, -0.15) is 9.64 Å². The van der Waals surface area contributed by atoms with Gasteiger partial charge in [0.2, 0.25) is 5.13 Å². The summed E-state index contributed by atoms with van der Waals surface area (Å²) >= 11 is 1.40.